The molecule has 0 aliphatic carbocycles. The van der Waals surface area contributed by atoms with Gasteiger partial charge in [0.05, 0.1) is 24.5 Å². The van der Waals surface area contributed by atoms with E-state index in [1.54, 1.807) is 43.3 Å². The smallest absolute Gasteiger partial charge is 0.310 e. The molecule has 202 valence electrons. The topological polar surface area (TPSA) is 120 Å². The first kappa shape index (κ1) is 27.7. The van der Waals surface area contributed by atoms with E-state index in [0.29, 0.717) is 25.3 Å². The molecule has 2 N–H and O–H groups in total. The largest absolute Gasteiger partial charge is 0.466 e. The summed E-state index contributed by atoms with van der Waals surface area (Å²) in [6.07, 6.45) is 2.16. The van der Waals surface area contributed by atoms with Crippen molar-refractivity contribution in [2.24, 2.45) is 0 Å². The Morgan fingerprint density at radius 1 is 1.03 bits per heavy atom. The standard InChI is InChI=1S/C28H32N2O7S/c1-2-35-26(31)17-20-10-13-23(14-11-20)29-28(32)25(19-37-27-9-5-6-16-36-27)30-38(33,34)24-15-12-21-7-3-4-8-22(21)18-24/h3-4,7-8,10-15,18,25,27,30H,2,5-6,9,16-17,19H2,1H3,(H,29,32)/t25-,27?/m0/s1. The fourth-order valence-corrected chi connectivity index (χ4v) is 5.33. The molecule has 0 radical (unpaired) electrons. The van der Waals surface area contributed by atoms with Crippen LogP contribution in [0.3, 0.4) is 0 Å². The highest BCUT2D eigenvalue weighted by Gasteiger charge is 2.28. The van der Waals surface area contributed by atoms with Crippen LogP contribution in [0.25, 0.3) is 10.8 Å². The summed E-state index contributed by atoms with van der Waals surface area (Å²) in [7, 11) is -4.05. The molecule has 1 amide bonds. The number of ether oxygens (including phenoxy) is 3. The Kier molecular flexibility index (Phi) is 9.46. The third kappa shape index (κ3) is 7.61. The predicted octanol–water partition coefficient (Wildman–Crippen LogP) is 3.77. The maximum Gasteiger partial charge on any atom is 0.310 e. The number of amides is 1. The number of carbonyl (C=O) groups excluding carboxylic acids is 2. The van der Waals surface area contributed by atoms with Crippen LogP contribution in [0.1, 0.15) is 31.7 Å². The summed E-state index contributed by atoms with van der Waals surface area (Å²) in [5, 5.41) is 4.41. The Morgan fingerprint density at radius 2 is 1.79 bits per heavy atom. The molecular weight excluding hydrogens is 508 g/mol. The van der Waals surface area contributed by atoms with Gasteiger partial charge in [-0.25, -0.2) is 8.42 Å². The Hall–Kier alpha value is -3.31. The van der Waals surface area contributed by atoms with Crippen molar-refractivity contribution in [2.75, 3.05) is 25.1 Å². The average Bonchev–Trinajstić information content (AvgIpc) is 2.92. The van der Waals surface area contributed by atoms with Gasteiger partial charge in [0.2, 0.25) is 15.9 Å². The summed E-state index contributed by atoms with van der Waals surface area (Å²) in [5.41, 5.74) is 1.18. The van der Waals surface area contributed by atoms with Crippen molar-refractivity contribution in [3.05, 3.63) is 72.3 Å². The van der Waals surface area contributed by atoms with Crippen LogP contribution >= 0.6 is 0 Å². The fraction of sp³-hybridized carbons (Fsp3) is 0.357. The zero-order valence-corrected chi connectivity index (χ0v) is 22.0. The molecule has 0 aromatic heterocycles. The number of rotatable bonds is 11. The van der Waals surface area contributed by atoms with E-state index in [-0.39, 0.29) is 23.9 Å². The first-order valence-electron chi connectivity index (χ1n) is 12.6. The summed E-state index contributed by atoms with van der Waals surface area (Å²) in [4.78, 5) is 25.0. The molecule has 2 atom stereocenters. The number of nitrogens with one attached hydrogen (secondary N) is 2. The van der Waals surface area contributed by atoms with Gasteiger partial charge in [-0.15, -0.1) is 0 Å². The van der Waals surface area contributed by atoms with E-state index < -0.39 is 28.3 Å². The number of esters is 1. The molecule has 0 bridgehead atoms. The zero-order valence-electron chi connectivity index (χ0n) is 21.2. The number of fused-ring (bicyclic) bond motifs is 1. The number of anilines is 1. The van der Waals surface area contributed by atoms with Crippen LogP contribution in [0.2, 0.25) is 0 Å². The molecule has 1 aliphatic rings. The van der Waals surface area contributed by atoms with Gasteiger partial charge in [-0.3, -0.25) is 9.59 Å². The maximum absolute atomic E-state index is 13.3. The van der Waals surface area contributed by atoms with Crippen LogP contribution in [-0.4, -0.2) is 52.4 Å². The second-order valence-electron chi connectivity index (χ2n) is 8.98. The molecule has 1 unspecified atom stereocenters. The van der Waals surface area contributed by atoms with E-state index in [4.69, 9.17) is 14.2 Å². The van der Waals surface area contributed by atoms with E-state index >= 15 is 0 Å². The van der Waals surface area contributed by atoms with Gasteiger partial charge >= 0.3 is 5.97 Å². The number of hydrogen-bond acceptors (Lipinski definition) is 7. The second-order valence-corrected chi connectivity index (χ2v) is 10.7. The second kappa shape index (κ2) is 13.0. The molecule has 1 fully saturated rings. The minimum Gasteiger partial charge on any atom is -0.466 e. The van der Waals surface area contributed by atoms with Gasteiger partial charge in [-0.05, 0) is 66.8 Å². The summed E-state index contributed by atoms with van der Waals surface area (Å²) < 4.78 is 45.4. The lowest BCUT2D eigenvalue weighted by molar-refractivity contribution is -0.166. The lowest BCUT2D eigenvalue weighted by Crippen LogP contribution is -2.47. The van der Waals surface area contributed by atoms with E-state index in [2.05, 4.69) is 10.0 Å². The van der Waals surface area contributed by atoms with Gasteiger partial charge in [-0.1, -0.05) is 42.5 Å². The van der Waals surface area contributed by atoms with Crippen molar-refractivity contribution in [3.63, 3.8) is 0 Å². The van der Waals surface area contributed by atoms with Crippen LogP contribution in [0.4, 0.5) is 5.69 Å². The Morgan fingerprint density at radius 3 is 2.50 bits per heavy atom. The monoisotopic (exact) mass is 540 g/mol. The summed E-state index contributed by atoms with van der Waals surface area (Å²) >= 11 is 0. The fourth-order valence-electron chi connectivity index (χ4n) is 4.11. The highest BCUT2D eigenvalue weighted by molar-refractivity contribution is 7.89. The lowest BCUT2D eigenvalue weighted by atomic mass is 10.1. The first-order chi connectivity index (χ1) is 18.3. The Bertz CT molecular complexity index is 1350. The Labute approximate surface area is 222 Å². The quantitative estimate of drug-likeness (QED) is 0.355. The highest BCUT2D eigenvalue weighted by Crippen LogP contribution is 2.20. The van der Waals surface area contributed by atoms with E-state index in [9.17, 15) is 18.0 Å². The minimum atomic E-state index is -4.05. The van der Waals surface area contributed by atoms with Crippen LogP contribution in [0, 0.1) is 0 Å². The van der Waals surface area contributed by atoms with E-state index in [1.165, 1.54) is 6.07 Å². The van der Waals surface area contributed by atoms with Gasteiger partial charge in [0.25, 0.3) is 0 Å². The van der Waals surface area contributed by atoms with Crippen LogP contribution < -0.4 is 10.0 Å². The van der Waals surface area contributed by atoms with Gasteiger partial charge in [-0.2, -0.15) is 4.72 Å². The van der Waals surface area contributed by atoms with Crippen molar-refractivity contribution in [2.45, 2.75) is 49.8 Å². The van der Waals surface area contributed by atoms with Gasteiger partial charge in [0, 0.05) is 12.3 Å². The SMILES string of the molecule is CCOC(=O)Cc1ccc(NC(=O)[C@H](COC2CCCCO2)NS(=O)(=O)c2ccc3ccccc3c2)cc1. The summed E-state index contributed by atoms with van der Waals surface area (Å²) in [6, 6.07) is 17.7. The molecule has 0 saturated carbocycles. The lowest BCUT2D eigenvalue weighted by Gasteiger charge is -2.25. The van der Waals surface area contributed by atoms with Crippen LogP contribution in [0.15, 0.2) is 71.6 Å². The van der Waals surface area contributed by atoms with Crippen molar-refractivity contribution in [1.29, 1.82) is 0 Å². The van der Waals surface area contributed by atoms with Gasteiger partial charge in [0.15, 0.2) is 6.29 Å². The van der Waals surface area contributed by atoms with Crippen molar-refractivity contribution in [3.8, 4) is 0 Å². The van der Waals surface area contributed by atoms with Crippen molar-refractivity contribution < 1.29 is 32.2 Å². The van der Waals surface area contributed by atoms with Crippen LogP contribution in [-0.2, 0) is 40.2 Å². The molecule has 38 heavy (non-hydrogen) atoms. The van der Waals surface area contributed by atoms with E-state index in [1.807, 2.05) is 24.3 Å². The number of sulfonamides is 1. The first-order valence-corrected chi connectivity index (χ1v) is 14.1. The average molecular weight is 541 g/mol. The number of hydrogen-bond donors (Lipinski definition) is 2. The normalized spacial score (nSPS) is 16.6. The zero-order chi connectivity index (χ0) is 27.0. The third-order valence-corrected chi connectivity index (χ3v) is 7.58. The Balaban J connectivity index is 1.48. The number of benzene rings is 3. The third-order valence-electron chi connectivity index (χ3n) is 6.11. The molecule has 3 aromatic rings. The molecule has 3 aromatic carbocycles. The summed E-state index contributed by atoms with van der Waals surface area (Å²) in [6.45, 7) is 2.40. The molecule has 10 heteroatoms. The number of carbonyl (C=O) groups is 2. The van der Waals surface area contributed by atoms with Crippen molar-refractivity contribution >= 4 is 38.4 Å². The minimum absolute atomic E-state index is 0.0474. The maximum atomic E-state index is 13.3. The molecule has 1 heterocycles. The molecular formula is C28H32N2O7S. The molecule has 0 spiro atoms. The van der Waals surface area contributed by atoms with E-state index in [0.717, 1.165) is 29.2 Å². The summed E-state index contributed by atoms with van der Waals surface area (Å²) in [5.74, 6) is -0.919. The van der Waals surface area contributed by atoms with Gasteiger partial charge < -0.3 is 19.5 Å². The molecule has 1 aliphatic heterocycles. The van der Waals surface area contributed by atoms with Crippen LogP contribution in [0.5, 0.6) is 0 Å². The molecule has 4 rings (SSSR count). The van der Waals surface area contributed by atoms with Gasteiger partial charge in [0.1, 0.15) is 6.04 Å². The highest BCUT2D eigenvalue weighted by atomic mass is 32.2. The molecule has 1 saturated heterocycles. The molecule has 9 nitrogen and oxygen atoms in total. The van der Waals surface area contributed by atoms with Crippen molar-refractivity contribution in [1.82, 2.24) is 4.72 Å². The predicted molar refractivity (Wildman–Crippen MR) is 143 cm³/mol.